The number of rotatable bonds is 2. The maximum Gasteiger partial charge on any atom is 0.250 e. The number of benzene rings is 2. The predicted octanol–water partition coefficient (Wildman–Crippen LogP) is 3.11. The minimum atomic E-state index is -0.252. The van der Waals surface area contributed by atoms with Crippen LogP contribution in [0.25, 0.3) is 0 Å². The first-order valence-corrected chi connectivity index (χ1v) is 6.67. The van der Waals surface area contributed by atoms with Gasteiger partial charge in [0.1, 0.15) is 0 Å². The maximum atomic E-state index is 11.8. The molecule has 0 aliphatic carbocycles. The highest BCUT2D eigenvalue weighted by Gasteiger charge is 2.12. The van der Waals surface area contributed by atoms with E-state index in [9.17, 15) is 4.79 Å². The molecule has 3 heteroatoms. The van der Waals surface area contributed by atoms with Crippen LogP contribution in [0.5, 0.6) is 0 Å². The van der Waals surface area contributed by atoms with Crippen molar-refractivity contribution in [2.75, 3.05) is 11.9 Å². The second-order valence-corrected chi connectivity index (χ2v) is 4.56. The summed E-state index contributed by atoms with van der Waals surface area (Å²) in [5.41, 5.74) is 2.63. The summed E-state index contributed by atoms with van der Waals surface area (Å²) in [6, 6.07) is 16.7. The number of nitrogens with zero attached hydrogens (tertiary/aromatic N) is 2. The van der Waals surface area contributed by atoms with Crippen LogP contribution in [0, 0.1) is 23.2 Å². The van der Waals surface area contributed by atoms with Crippen molar-refractivity contribution in [3.05, 3.63) is 77.9 Å². The quantitative estimate of drug-likeness (QED) is 0.629. The minimum Gasteiger partial charge on any atom is -0.311 e. The molecule has 0 fully saturated rings. The van der Waals surface area contributed by atoms with Crippen molar-refractivity contribution in [2.45, 2.75) is 0 Å². The van der Waals surface area contributed by atoms with E-state index < -0.39 is 0 Å². The third-order valence-corrected chi connectivity index (χ3v) is 3.11. The molecule has 0 atom stereocenters. The fourth-order valence-electron chi connectivity index (χ4n) is 1.90. The van der Waals surface area contributed by atoms with Crippen molar-refractivity contribution < 1.29 is 4.79 Å². The summed E-state index contributed by atoms with van der Waals surface area (Å²) in [4.78, 5) is 13.2. The van der Waals surface area contributed by atoms with Gasteiger partial charge in [-0.3, -0.25) is 4.79 Å². The van der Waals surface area contributed by atoms with Gasteiger partial charge in [-0.05, 0) is 36.4 Å². The highest BCUT2D eigenvalue weighted by atomic mass is 16.2. The van der Waals surface area contributed by atoms with Gasteiger partial charge in [0.25, 0.3) is 0 Å². The predicted molar refractivity (Wildman–Crippen MR) is 87.2 cm³/mol. The Morgan fingerprint density at radius 1 is 1.14 bits per heavy atom. The van der Waals surface area contributed by atoms with Crippen LogP contribution in [0.2, 0.25) is 0 Å². The molecule has 0 aliphatic heterocycles. The maximum absolute atomic E-state index is 11.8. The molecule has 0 spiro atoms. The van der Waals surface area contributed by atoms with Gasteiger partial charge in [0.15, 0.2) is 0 Å². The van der Waals surface area contributed by atoms with E-state index in [2.05, 4.69) is 24.5 Å². The van der Waals surface area contributed by atoms with Gasteiger partial charge in [0.2, 0.25) is 5.91 Å². The Kier molecular flexibility index (Phi) is 4.75. The van der Waals surface area contributed by atoms with Crippen molar-refractivity contribution in [1.82, 2.24) is 0 Å². The molecule has 2 rings (SSSR count). The second kappa shape index (κ2) is 6.92. The van der Waals surface area contributed by atoms with E-state index in [4.69, 9.17) is 5.26 Å². The zero-order chi connectivity index (χ0) is 15.9. The number of carbonyl (C=O) groups is 1. The summed E-state index contributed by atoms with van der Waals surface area (Å²) >= 11 is 0. The fraction of sp³-hybridized carbons (Fsp3) is 0.0526. The average Bonchev–Trinajstić information content (AvgIpc) is 2.59. The summed E-state index contributed by atoms with van der Waals surface area (Å²) < 4.78 is 0. The van der Waals surface area contributed by atoms with Gasteiger partial charge in [-0.25, -0.2) is 0 Å². The van der Waals surface area contributed by atoms with E-state index in [1.807, 2.05) is 30.3 Å². The van der Waals surface area contributed by atoms with Gasteiger partial charge in [-0.1, -0.05) is 36.6 Å². The zero-order valence-electron chi connectivity index (χ0n) is 12.2. The van der Waals surface area contributed by atoms with E-state index in [1.54, 1.807) is 25.2 Å². The van der Waals surface area contributed by atoms with Crippen molar-refractivity contribution in [3.63, 3.8) is 0 Å². The lowest BCUT2D eigenvalue weighted by Crippen LogP contribution is -2.24. The van der Waals surface area contributed by atoms with E-state index in [0.717, 1.165) is 5.56 Å². The topological polar surface area (TPSA) is 44.1 Å². The van der Waals surface area contributed by atoms with Crippen molar-refractivity contribution >= 4 is 11.6 Å². The van der Waals surface area contributed by atoms with E-state index in [1.165, 1.54) is 11.0 Å². The van der Waals surface area contributed by atoms with Crippen LogP contribution in [0.1, 0.15) is 16.7 Å². The summed E-state index contributed by atoms with van der Waals surface area (Å²) in [5, 5.41) is 9.03. The van der Waals surface area contributed by atoms with E-state index >= 15 is 0 Å². The van der Waals surface area contributed by atoms with Crippen LogP contribution in [0.4, 0.5) is 5.69 Å². The van der Waals surface area contributed by atoms with Crippen LogP contribution >= 0.6 is 0 Å². The Morgan fingerprint density at radius 2 is 1.86 bits per heavy atom. The minimum absolute atomic E-state index is 0.252. The van der Waals surface area contributed by atoms with Gasteiger partial charge in [-0.15, -0.1) is 0 Å². The Hall–Kier alpha value is -3.30. The number of nitriles is 1. The number of anilines is 1. The highest BCUT2D eigenvalue weighted by Crippen LogP contribution is 2.21. The van der Waals surface area contributed by atoms with Gasteiger partial charge < -0.3 is 4.90 Å². The lowest BCUT2D eigenvalue weighted by atomic mass is 10.1. The van der Waals surface area contributed by atoms with Crippen molar-refractivity contribution in [1.29, 1.82) is 5.26 Å². The number of hydrogen-bond donors (Lipinski definition) is 0. The molecule has 0 radical (unpaired) electrons. The molecule has 22 heavy (non-hydrogen) atoms. The van der Waals surface area contributed by atoms with Crippen LogP contribution in [-0.4, -0.2) is 13.0 Å². The van der Waals surface area contributed by atoms with Crippen LogP contribution < -0.4 is 4.90 Å². The Balaban J connectivity index is 2.48. The lowest BCUT2D eigenvalue weighted by Gasteiger charge is -2.17. The summed E-state index contributed by atoms with van der Waals surface area (Å²) in [5.74, 6) is 5.86. The fourth-order valence-corrected chi connectivity index (χ4v) is 1.90. The molecule has 0 N–H and O–H groups in total. The molecular weight excluding hydrogens is 272 g/mol. The van der Waals surface area contributed by atoms with E-state index in [-0.39, 0.29) is 5.91 Å². The molecule has 2 aromatic carbocycles. The molecule has 0 saturated carbocycles. The monoisotopic (exact) mass is 286 g/mol. The van der Waals surface area contributed by atoms with E-state index in [0.29, 0.717) is 16.8 Å². The molecule has 3 nitrogen and oxygen atoms in total. The molecular formula is C19H14N2O. The lowest BCUT2D eigenvalue weighted by molar-refractivity contribution is -0.113. The molecule has 0 unspecified atom stereocenters. The Morgan fingerprint density at radius 3 is 2.50 bits per heavy atom. The largest absolute Gasteiger partial charge is 0.311 e. The van der Waals surface area contributed by atoms with Crippen LogP contribution in [0.3, 0.4) is 0 Å². The van der Waals surface area contributed by atoms with Crippen molar-refractivity contribution in [3.8, 4) is 17.9 Å². The summed E-state index contributed by atoms with van der Waals surface area (Å²) in [6.45, 7) is 3.48. The normalized spacial score (nSPS) is 9.09. The third kappa shape index (κ3) is 3.42. The van der Waals surface area contributed by atoms with Gasteiger partial charge in [0.05, 0.1) is 17.3 Å². The number of hydrogen-bond acceptors (Lipinski definition) is 2. The number of amides is 1. The molecule has 0 heterocycles. The molecule has 2 aromatic rings. The van der Waals surface area contributed by atoms with Crippen LogP contribution in [0.15, 0.2) is 61.2 Å². The molecule has 1 amide bonds. The first-order valence-electron chi connectivity index (χ1n) is 6.67. The Labute approximate surface area is 130 Å². The average molecular weight is 286 g/mol. The second-order valence-electron chi connectivity index (χ2n) is 4.56. The van der Waals surface area contributed by atoms with Crippen LogP contribution in [-0.2, 0) is 4.79 Å². The SMILES string of the molecule is C=CC(=O)N(C)c1cc(C#N)ccc1C#Cc1ccccc1. The molecule has 0 saturated heterocycles. The summed E-state index contributed by atoms with van der Waals surface area (Å²) in [7, 11) is 1.63. The first-order chi connectivity index (χ1) is 10.7. The number of carbonyl (C=O) groups excluding carboxylic acids is 1. The summed E-state index contributed by atoms with van der Waals surface area (Å²) in [6.07, 6.45) is 1.23. The Bertz CT molecular complexity index is 805. The molecule has 106 valence electrons. The number of likely N-dealkylation sites (N-methyl/N-ethyl adjacent to an activating group) is 1. The highest BCUT2D eigenvalue weighted by molar-refractivity contribution is 6.01. The zero-order valence-corrected chi connectivity index (χ0v) is 12.2. The smallest absolute Gasteiger partial charge is 0.250 e. The molecule has 0 aromatic heterocycles. The first kappa shape index (κ1) is 15.1. The van der Waals surface area contributed by atoms with Crippen molar-refractivity contribution in [2.24, 2.45) is 0 Å². The standard InChI is InChI=1S/C19H14N2O/c1-3-19(22)21(2)18-13-16(14-20)10-12-17(18)11-9-15-7-5-4-6-8-15/h3-8,10,12-13H,1H2,2H3. The molecule has 0 aliphatic rings. The van der Waals surface area contributed by atoms with Gasteiger partial charge in [-0.2, -0.15) is 5.26 Å². The molecule has 0 bridgehead atoms. The van der Waals surface area contributed by atoms with Gasteiger partial charge in [0, 0.05) is 18.2 Å². The third-order valence-electron chi connectivity index (χ3n) is 3.11. The van der Waals surface area contributed by atoms with Gasteiger partial charge >= 0.3 is 0 Å².